The largest absolute Gasteiger partial charge is 0.297 e. The van der Waals surface area contributed by atoms with E-state index in [-0.39, 0.29) is 0 Å². The molecular weight excluding hydrogens is 229 g/mol. The summed E-state index contributed by atoms with van der Waals surface area (Å²) in [5, 5.41) is 0. The standard InChI is InChI=1S/C12H17Cl2N/c1-11-3-2-4-12(9-11)10-15(7-5-13)8-6-14/h2-4,9H,5-8,10H2,1H3. The summed E-state index contributed by atoms with van der Waals surface area (Å²) in [4.78, 5) is 2.27. The van der Waals surface area contributed by atoms with E-state index in [1.54, 1.807) is 0 Å². The summed E-state index contributed by atoms with van der Waals surface area (Å²) in [6.07, 6.45) is 0. The van der Waals surface area contributed by atoms with Crippen LogP contribution in [0.5, 0.6) is 0 Å². The van der Waals surface area contributed by atoms with Gasteiger partial charge in [0.25, 0.3) is 0 Å². The third-order valence-electron chi connectivity index (χ3n) is 2.29. The maximum absolute atomic E-state index is 5.74. The van der Waals surface area contributed by atoms with Gasteiger partial charge in [-0.3, -0.25) is 4.90 Å². The lowest BCUT2D eigenvalue weighted by Crippen LogP contribution is -2.27. The van der Waals surface area contributed by atoms with Crippen LogP contribution in [0.4, 0.5) is 0 Å². The molecule has 0 atom stereocenters. The Morgan fingerprint density at radius 2 is 1.80 bits per heavy atom. The van der Waals surface area contributed by atoms with Crippen LogP contribution < -0.4 is 0 Å². The van der Waals surface area contributed by atoms with Gasteiger partial charge < -0.3 is 0 Å². The Morgan fingerprint density at radius 1 is 1.13 bits per heavy atom. The highest BCUT2D eigenvalue weighted by Crippen LogP contribution is 2.07. The van der Waals surface area contributed by atoms with E-state index in [0.717, 1.165) is 19.6 Å². The lowest BCUT2D eigenvalue weighted by atomic mass is 10.1. The van der Waals surface area contributed by atoms with Crippen molar-refractivity contribution in [2.45, 2.75) is 13.5 Å². The summed E-state index contributed by atoms with van der Waals surface area (Å²) in [6, 6.07) is 8.54. The Kier molecular flexibility index (Phi) is 6.07. The van der Waals surface area contributed by atoms with Crippen molar-refractivity contribution < 1.29 is 0 Å². The molecule has 0 N–H and O–H groups in total. The number of hydrogen-bond acceptors (Lipinski definition) is 1. The van der Waals surface area contributed by atoms with E-state index in [2.05, 4.69) is 36.1 Å². The van der Waals surface area contributed by atoms with E-state index in [9.17, 15) is 0 Å². The van der Waals surface area contributed by atoms with Crippen molar-refractivity contribution in [2.75, 3.05) is 24.8 Å². The normalized spacial score (nSPS) is 10.9. The molecule has 0 fully saturated rings. The first-order valence-corrected chi connectivity index (χ1v) is 6.23. The zero-order valence-corrected chi connectivity index (χ0v) is 10.6. The number of aryl methyl sites for hydroxylation is 1. The van der Waals surface area contributed by atoms with E-state index >= 15 is 0 Å². The van der Waals surface area contributed by atoms with E-state index in [0.29, 0.717) is 11.8 Å². The van der Waals surface area contributed by atoms with Gasteiger partial charge in [-0.15, -0.1) is 23.2 Å². The molecule has 0 aliphatic carbocycles. The summed E-state index contributed by atoms with van der Waals surface area (Å²) in [7, 11) is 0. The Morgan fingerprint density at radius 3 is 2.33 bits per heavy atom. The Labute approximate surface area is 102 Å². The molecular formula is C12H17Cl2N. The van der Waals surface area contributed by atoms with Gasteiger partial charge in [-0.1, -0.05) is 29.8 Å². The minimum Gasteiger partial charge on any atom is -0.297 e. The number of halogens is 2. The molecule has 1 rings (SSSR count). The smallest absolute Gasteiger partial charge is 0.0351 e. The predicted octanol–water partition coefficient (Wildman–Crippen LogP) is 3.27. The molecule has 0 bridgehead atoms. The second-order valence-electron chi connectivity index (χ2n) is 3.64. The fourth-order valence-electron chi connectivity index (χ4n) is 1.58. The van der Waals surface area contributed by atoms with Gasteiger partial charge in [0.15, 0.2) is 0 Å². The fourth-order valence-corrected chi connectivity index (χ4v) is 2.06. The maximum Gasteiger partial charge on any atom is 0.0351 e. The van der Waals surface area contributed by atoms with E-state index < -0.39 is 0 Å². The molecule has 1 aromatic carbocycles. The fraction of sp³-hybridized carbons (Fsp3) is 0.500. The molecule has 84 valence electrons. The van der Waals surface area contributed by atoms with Crippen LogP contribution in [0.3, 0.4) is 0 Å². The van der Waals surface area contributed by atoms with Crippen LogP contribution >= 0.6 is 23.2 Å². The van der Waals surface area contributed by atoms with Crippen molar-refractivity contribution in [3.63, 3.8) is 0 Å². The monoisotopic (exact) mass is 245 g/mol. The third kappa shape index (κ3) is 4.87. The molecule has 0 amide bonds. The molecule has 0 aromatic heterocycles. The van der Waals surface area contributed by atoms with Crippen molar-refractivity contribution in [1.29, 1.82) is 0 Å². The summed E-state index contributed by atoms with van der Waals surface area (Å²) in [5.74, 6) is 1.31. The first kappa shape index (κ1) is 12.8. The van der Waals surface area contributed by atoms with Gasteiger partial charge in [0, 0.05) is 31.4 Å². The van der Waals surface area contributed by atoms with Crippen molar-refractivity contribution in [1.82, 2.24) is 4.90 Å². The van der Waals surface area contributed by atoms with Gasteiger partial charge in [-0.05, 0) is 12.5 Å². The van der Waals surface area contributed by atoms with Crippen molar-refractivity contribution in [3.8, 4) is 0 Å². The molecule has 15 heavy (non-hydrogen) atoms. The first-order chi connectivity index (χ1) is 7.26. The second kappa shape index (κ2) is 7.10. The van der Waals surface area contributed by atoms with Crippen LogP contribution in [0.2, 0.25) is 0 Å². The summed E-state index contributed by atoms with van der Waals surface area (Å²) >= 11 is 11.5. The molecule has 0 spiro atoms. The van der Waals surface area contributed by atoms with Crippen LogP contribution in [0, 0.1) is 6.92 Å². The number of nitrogens with zero attached hydrogens (tertiary/aromatic N) is 1. The van der Waals surface area contributed by atoms with E-state index in [1.807, 2.05) is 0 Å². The molecule has 0 unspecified atom stereocenters. The van der Waals surface area contributed by atoms with Crippen molar-refractivity contribution >= 4 is 23.2 Å². The molecule has 0 saturated carbocycles. The van der Waals surface area contributed by atoms with Crippen molar-refractivity contribution in [2.24, 2.45) is 0 Å². The zero-order chi connectivity index (χ0) is 11.1. The number of benzene rings is 1. The minimum absolute atomic E-state index is 0.655. The molecule has 3 heteroatoms. The summed E-state index contributed by atoms with van der Waals surface area (Å²) in [6.45, 7) is 4.82. The Hall–Kier alpha value is -0.240. The van der Waals surface area contributed by atoms with Gasteiger partial charge in [-0.25, -0.2) is 0 Å². The highest BCUT2D eigenvalue weighted by Gasteiger charge is 2.04. The molecule has 0 aliphatic rings. The lowest BCUT2D eigenvalue weighted by molar-refractivity contribution is 0.299. The number of rotatable bonds is 6. The van der Waals surface area contributed by atoms with Crippen molar-refractivity contribution in [3.05, 3.63) is 35.4 Å². The average Bonchev–Trinajstić information content (AvgIpc) is 2.18. The highest BCUT2D eigenvalue weighted by molar-refractivity contribution is 6.18. The summed E-state index contributed by atoms with van der Waals surface area (Å²) in [5.41, 5.74) is 2.62. The van der Waals surface area contributed by atoms with Crippen LogP contribution in [0.15, 0.2) is 24.3 Å². The molecule has 0 saturated heterocycles. The van der Waals surface area contributed by atoms with Gasteiger partial charge in [0.2, 0.25) is 0 Å². The van der Waals surface area contributed by atoms with Crippen LogP contribution in [0.25, 0.3) is 0 Å². The minimum atomic E-state index is 0.655. The lowest BCUT2D eigenvalue weighted by Gasteiger charge is -2.20. The van der Waals surface area contributed by atoms with Crippen LogP contribution in [-0.2, 0) is 6.54 Å². The van der Waals surface area contributed by atoms with Gasteiger partial charge in [0.05, 0.1) is 0 Å². The quantitative estimate of drug-likeness (QED) is 0.696. The second-order valence-corrected chi connectivity index (χ2v) is 4.40. The number of hydrogen-bond donors (Lipinski definition) is 0. The summed E-state index contributed by atoms with van der Waals surface area (Å²) < 4.78 is 0. The van der Waals surface area contributed by atoms with Crippen LogP contribution in [0.1, 0.15) is 11.1 Å². The molecule has 0 radical (unpaired) electrons. The zero-order valence-electron chi connectivity index (χ0n) is 9.05. The van der Waals surface area contributed by atoms with E-state index in [4.69, 9.17) is 23.2 Å². The third-order valence-corrected chi connectivity index (χ3v) is 2.63. The van der Waals surface area contributed by atoms with Gasteiger partial charge >= 0.3 is 0 Å². The van der Waals surface area contributed by atoms with Gasteiger partial charge in [-0.2, -0.15) is 0 Å². The molecule has 0 aliphatic heterocycles. The Balaban J connectivity index is 2.56. The van der Waals surface area contributed by atoms with Gasteiger partial charge in [0.1, 0.15) is 0 Å². The SMILES string of the molecule is Cc1cccc(CN(CCCl)CCCl)c1. The topological polar surface area (TPSA) is 3.24 Å². The average molecular weight is 246 g/mol. The molecule has 1 aromatic rings. The molecule has 0 heterocycles. The maximum atomic E-state index is 5.74. The predicted molar refractivity (Wildman–Crippen MR) is 67.9 cm³/mol. The number of alkyl halides is 2. The first-order valence-electron chi connectivity index (χ1n) is 5.16. The van der Waals surface area contributed by atoms with Crippen LogP contribution in [-0.4, -0.2) is 29.7 Å². The van der Waals surface area contributed by atoms with E-state index in [1.165, 1.54) is 11.1 Å². The molecule has 1 nitrogen and oxygen atoms in total. The highest BCUT2D eigenvalue weighted by atomic mass is 35.5. The Bertz CT molecular complexity index is 283.